The number of rotatable bonds is 5. The van der Waals surface area contributed by atoms with Crippen LogP contribution in [0.25, 0.3) is 0 Å². The van der Waals surface area contributed by atoms with Gasteiger partial charge in [0.15, 0.2) is 9.84 Å². The minimum atomic E-state index is -2.80. The van der Waals surface area contributed by atoms with E-state index in [1.807, 2.05) is 12.1 Å². The van der Waals surface area contributed by atoms with Crippen molar-refractivity contribution in [3.63, 3.8) is 0 Å². The van der Waals surface area contributed by atoms with Gasteiger partial charge in [0, 0.05) is 6.04 Å². The normalized spacial score (nSPS) is 23.4. The summed E-state index contributed by atoms with van der Waals surface area (Å²) in [4.78, 5) is 0. The van der Waals surface area contributed by atoms with E-state index in [2.05, 4.69) is 19.1 Å². The molecule has 0 amide bonds. The predicted molar refractivity (Wildman–Crippen MR) is 78.7 cm³/mol. The Morgan fingerprint density at radius 3 is 2.84 bits per heavy atom. The summed E-state index contributed by atoms with van der Waals surface area (Å²) in [6, 6.07) is 8.34. The minimum Gasteiger partial charge on any atom is -0.324 e. The Bertz CT molecular complexity index is 525. The maximum atomic E-state index is 11.5. The maximum Gasteiger partial charge on any atom is 0.150 e. The second kappa shape index (κ2) is 6.06. The van der Waals surface area contributed by atoms with Gasteiger partial charge in [0.05, 0.1) is 11.5 Å². The molecule has 3 nitrogen and oxygen atoms in total. The van der Waals surface area contributed by atoms with Gasteiger partial charge in [-0.25, -0.2) is 8.42 Å². The van der Waals surface area contributed by atoms with Gasteiger partial charge in [0.25, 0.3) is 0 Å². The van der Waals surface area contributed by atoms with Crippen LogP contribution >= 0.6 is 0 Å². The third-order valence-electron chi connectivity index (χ3n) is 3.83. The van der Waals surface area contributed by atoms with Gasteiger partial charge in [-0.15, -0.1) is 0 Å². The zero-order chi connectivity index (χ0) is 13.9. The molecule has 2 rings (SSSR count). The number of hydrogen-bond acceptors (Lipinski definition) is 3. The number of benzene rings is 1. The largest absolute Gasteiger partial charge is 0.324 e. The van der Waals surface area contributed by atoms with E-state index in [0.29, 0.717) is 11.5 Å². The van der Waals surface area contributed by atoms with E-state index in [0.717, 1.165) is 31.2 Å². The fourth-order valence-electron chi connectivity index (χ4n) is 2.82. The summed E-state index contributed by atoms with van der Waals surface area (Å²) in [5, 5.41) is 0. The highest BCUT2D eigenvalue weighted by atomic mass is 32.2. The summed E-state index contributed by atoms with van der Waals surface area (Å²) in [6.45, 7) is 2.16. The van der Waals surface area contributed by atoms with Crippen LogP contribution in [0.2, 0.25) is 0 Å². The fourth-order valence-corrected chi connectivity index (χ4v) is 4.70. The number of aryl methyl sites for hydroxylation is 1. The molecule has 19 heavy (non-hydrogen) atoms. The van der Waals surface area contributed by atoms with Crippen molar-refractivity contribution in [3.8, 4) is 0 Å². The van der Waals surface area contributed by atoms with Crippen molar-refractivity contribution in [2.75, 3.05) is 11.5 Å². The highest BCUT2D eigenvalue weighted by Gasteiger charge is 2.29. The van der Waals surface area contributed by atoms with Crippen LogP contribution in [-0.4, -0.2) is 19.9 Å². The number of hydrogen-bond donors (Lipinski definition) is 1. The van der Waals surface area contributed by atoms with Crippen molar-refractivity contribution >= 4 is 9.84 Å². The van der Waals surface area contributed by atoms with Crippen LogP contribution in [0.3, 0.4) is 0 Å². The van der Waals surface area contributed by atoms with Crippen molar-refractivity contribution in [3.05, 3.63) is 35.4 Å². The first-order valence-corrected chi connectivity index (χ1v) is 8.87. The highest BCUT2D eigenvalue weighted by Crippen LogP contribution is 2.28. The minimum absolute atomic E-state index is 0.0462. The molecule has 2 N–H and O–H groups in total. The number of nitrogens with two attached hydrogens (primary N) is 1. The molecule has 0 bridgehead atoms. The molecule has 1 aliphatic heterocycles. The van der Waals surface area contributed by atoms with Gasteiger partial charge in [0.2, 0.25) is 0 Å². The van der Waals surface area contributed by atoms with Crippen LogP contribution in [0.1, 0.15) is 43.4 Å². The van der Waals surface area contributed by atoms with Crippen molar-refractivity contribution in [2.24, 2.45) is 11.7 Å². The Morgan fingerprint density at radius 2 is 2.21 bits per heavy atom. The Hall–Kier alpha value is -0.870. The van der Waals surface area contributed by atoms with E-state index in [1.54, 1.807) is 0 Å². The molecular formula is C15H23NO2S. The van der Waals surface area contributed by atoms with E-state index in [9.17, 15) is 8.42 Å². The lowest BCUT2D eigenvalue weighted by atomic mass is 9.93. The van der Waals surface area contributed by atoms with E-state index in [4.69, 9.17) is 5.73 Å². The Kier molecular flexibility index (Phi) is 4.63. The van der Waals surface area contributed by atoms with Gasteiger partial charge < -0.3 is 5.73 Å². The molecule has 1 aromatic carbocycles. The van der Waals surface area contributed by atoms with Crippen LogP contribution in [0.5, 0.6) is 0 Å². The molecular weight excluding hydrogens is 258 g/mol. The van der Waals surface area contributed by atoms with Crippen LogP contribution in [0.15, 0.2) is 24.3 Å². The summed E-state index contributed by atoms with van der Waals surface area (Å²) < 4.78 is 22.9. The molecule has 0 aromatic heterocycles. The van der Waals surface area contributed by atoms with Crippen LogP contribution < -0.4 is 5.73 Å². The van der Waals surface area contributed by atoms with Gasteiger partial charge in [0.1, 0.15) is 0 Å². The maximum absolute atomic E-state index is 11.5. The van der Waals surface area contributed by atoms with Gasteiger partial charge in [-0.1, -0.05) is 37.6 Å². The molecule has 1 saturated heterocycles. The molecule has 2 atom stereocenters. The first-order chi connectivity index (χ1) is 9.00. The quantitative estimate of drug-likeness (QED) is 0.902. The Labute approximate surface area is 116 Å². The lowest BCUT2D eigenvalue weighted by molar-refractivity contribution is 0.481. The summed E-state index contributed by atoms with van der Waals surface area (Å²) >= 11 is 0. The fraction of sp³-hybridized carbons (Fsp3) is 0.600. The van der Waals surface area contributed by atoms with Crippen LogP contribution in [-0.2, 0) is 16.3 Å². The van der Waals surface area contributed by atoms with Crippen molar-refractivity contribution in [1.29, 1.82) is 0 Å². The molecule has 1 fully saturated rings. The molecule has 0 spiro atoms. The summed E-state index contributed by atoms with van der Waals surface area (Å²) in [6.07, 6.45) is 3.73. The van der Waals surface area contributed by atoms with E-state index >= 15 is 0 Å². The van der Waals surface area contributed by atoms with E-state index in [1.165, 1.54) is 5.56 Å². The van der Waals surface area contributed by atoms with Gasteiger partial charge >= 0.3 is 0 Å². The number of sulfone groups is 1. The standard InChI is InChI=1S/C15H23NO2S/c1-2-4-12-5-3-6-14(9-12)15(16)10-13-7-8-19(17,18)11-13/h3,5-6,9,13,15H,2,4,7-8,10-11,16H2,1H3. The zero-order valence-electron chi connectivity index (χ0n) is 11.5. The molecule has 1 heterocycles. The van der Waals surface area contributed by atoms with Crippen molar-refractivity contribution < 1.29 is 8.42 Å². The van der Waals surface area contributed by atoms with E-state index < -0.39 is 9.84 Å². The van der Waals surface area contributed by atoms with Gasteiger partial charge in [-0.05, 0) is 36.3 Å². The lowest BCUT2D eigenvalue weighted by Gasteiger charge is -2.16. The average molecular weight is 281 g/mol. The lowest BCUT2D eigenvalue weighted by Crippen LogP contribution is -2.16. The third-order valence-corrected chi connectivity index (χ3v) is 5.67. The highest BCUT2D eigenvalue weighted by molar-refractivity contribution is 7.91. The predicted octanol–water partition coefficient (Wildman–Crippen LogP) is 2.46. The summed E-state index contributed by atoms with van der Waals surface area (Å²) in [5.74, 6) is 0.880. The molecule has 106 valence electrons. The average Bonchev–Trinajstić information content (AvgIpc) is 2.69. The smallest absolute Gasteiger partial charge is 0.150 e. The summed E-state index contributed by atoms with van der Waals surface area (Å²) in [5.41, 5.74) is 8.68. The monoisotopic (exact) mass is 281 g/mol. The SMILES string of the molecule is CCCc1cccc(C(N)CC2CCS(=O)(=O)C2)c1. The summed E-state index contributed by atoms with van der Waals surface area (Å²) in [7, 11) is -2.80. The second-order valence-electron chi connectivity index (χ2n) is 5.61. The van der Waals surface area contributed by atoms with E-state index in [-0.39, 0.29) is 12.0 Å². The molecule has 4 heteroatoms. The molecule has 1 aliphatic rings. The molecule has 0 aliphatic carbocycles. The first-order valence-electron chi connectivity index (χ1n) is 7.05. The second-order valence-corrected chi connectivity index (χ2v) is 7.84. The Balaban J connectivity index is 2.00. The van der Waals surface area contributed by atoms with Crippen LogP contribution in [0, 0.1) is 5.92 Å². The molecule has 1 aromatic rings. The zero-order valence-corrected chi connectivity index (χ0v) is 12.3. The van der Waals surface area contributed by atoms with Gasteiger partial charge in [-0.3, -0.25) is 0 Å². The molecule has 2 unspecified atom stereocenters. The topological polar surface area (TPSA) is 60.2 Å². The third kappa shape index (κ3) is 4.05. The first kappa shape index (κ1) is 14.5. The van der Waals surface area contributed by atoms with Crippen molar-refractivity contribution in [1.82, 2.24) is 0 Å². The van der Waals surface area contributed by atoms with Crippen molar-refractivity contribution in [2.45, 2.75) is 38.6 Å². The van der Waals surface area contributed by atoms with Gasteiger partial charge in [-0.2, -0.15) is 0 Å². The molecule has 0 saturated carbocycles. The molecule has 0 radical (unpaired) electrons. The van der Waals surface area contributed by atoms with Crippen LogP contribution in [0.4, 0.5) is 0 Å². The Morgan fingerprint density at radius 1 is 1.42 bits per heavy atom.